The van der Waals surface area contributed by atoms with Gasteiger partial charge in [-0.2, -0.15) is 0 Å². The van der Waals surface area contributed by atoms with Gasteiger partial charge in [-0.15, -0.1) is 23.1 Å². The molecule has 2 aromatic carbocycles. The molecule has 4 heteroatoms. The summed E-state index contributed by atoms with van der Waals surface area (Å²) in [5.74, 6) is -0.225. The smallest absolute Gasteiger partial charge is 0.123 e. The summed E-state index contributed by atoms with van der Waals surface area (Å²) in [7, 11) is 0. The van der Waals surface area contributed by atoms with Crippen LogP contribution in [0.1, 0.15) is 5.01 Å². The van der Waals surface area contributed by atoms with Crippen molar-refractivity contribution in [3.8, 4) is 21.7 Å². The Hall–Kier alpha value is -1.65. The van der Waals surface area contributed by atoms with Gasteiger partial charge in [0, 0.05) is 10.5 Å². The summed E-state index contributed by atoms with van der Waals surface area (Å²) in [6.45, 7) is 2.00. The number of nitrogens with zero attached hydrogens (tertiary/aromatic N) is 1. The molecule has 0 amide bonds. The highest BCUT2D eigenvalue weighted by Gasteiger charge is 2.13. The summed E-state index contributed by atoms with van der Waals surface area (Å²) in [4.78, 5) is 6.99. The van der Waals surface area contributed by atoms with Crippen molar-refractivity contribution >= 4 is 23.1 Å². The molecule has 0 unspecified atom stereocenters. The summed E-state index contributed by atoms with van der Waals surface area (Å²) in [5, 5.41) is 1.01. The van der Waals surface area contributed by atoms with E-state index >= 15 is 0 Å². The molecule has 0 aliphatic rings. The van der Waals surface area contributed by atoms with Crippen molar-refractivity contribution in [2.24, 2.45) is 0 Å². The molecular weight excluding hydrogens is 301 g/mol. The van der Waals surface area contributed by atoms with Gasteiger partial charge >= 0.3 is 0 Å². The van der Waals surface area contributed by atoms with Crippen LogP contribution in [0.5, 0.6) is 0 Å². The number of thioether (sulfide) groups is 1. The average molecular weight is 315 g/mol. The molecule has 3 aromatic rings. The van der Waals surface area contributed by atoms with Gasteiger partial charge in [0.1, 0.15) is 5.82 Å². The van der Waals surface area contributed by atoms with Crippen LogP contribution < -0.4 is 0 Å². The normalized spacial score (nSPS) is 10.8. The Morgan fingerprint density at radius 1 is 0.952 bits per heavy atom. The molecule has 1 heterocycles. The molecule has 0 saturated heterocycles. The van der Waals surface area contributed by atoms with E-state index in [0.717, 1.165) is 26.7 Å². The van der Waals surface area contributed by atoms with Crippen LogP contribution in [0, 0.1) is 12.7 Å². The van der Waals surface area contributed by atoms with Crippen molar-refractivity contribution in [1.82, 2.24) is 4.98 Å². The molecule has 3 rings (SSSR count). The largest absolute Gasteiger partial charge is 0.241 e. The molecule has 106 valence electrons. The first kappa shape index (κ1) is 14.3. The lowest BCUT2D eigenvalue weighted by Crippen LogP contribution is -1.83. The van der Waals surface area contributed by atoms with Crippen LogP contribution in [0.4, 0.5) is 4.39 Å². The van der Waals surface area contributed by atoms with Gasteiger partial charge in [-0.1, -0.05) is 12.1 Å². The second-order valence-electron chi connectivity index (χ2n) is 4.65. The van der Waals surface area contributed by atoms with Gasteiger partial charge in [-0.25, -0.2) is 9.37 Å². The van der Waals surface area contributed by atoms with Crippen LogP contribution in [0.2, 0.25) is 0 Å². The van der Waals surface area contributed by atoms with Crippen molar-refractivity contribution in [2.75, 3.05) is 6.26 Å². The molecule has 0 fully saturated rings. The number of benzene rings is 2. The fraction of sp³-hybridized carbons (Fsp3) is 0.118. The Labute approximate surface area is 131 Å². The minimum absolute atomic E-state index is 0.225. The van der Waals surface area contributed by atoms with Gasteiger partial charge in [0.2, 0.25) is 0 Å². The van der Waals surface area contributed by atoms with Crippen LogP contribution in [-0.2, 0) is 0 Å². The summed E-state index contributed by atoms with van der Waals surface area (Å²) < 4.78 is 13.1. The highest BCUT2D eigenvalue weighted by molar-refractivity contribution is 7.98. The number of hydrogen-bond acceptors (Lipinski definition) is 3. The molecule has 0 bridgehead atoms. The molecule has 0 N–H and O–H groups in total. The maximum Gasteiger partial charge on any atom is 0.123 e. The molecule has 0 atom stereocenters. The molecule has 0 aliphatic heterocycles. The predicted molar refractivity (Wildman–Crippen MR) is 89.5 cm³/mol. The van der Waals surface area contributed by atoms with E-state index in [4.69, 9.17) is 0 Å². The highest BCUT2D eigenvalue weighted by Crippen LogP contribution is 2.37. The second kappa shape index (κ2) is 6.00. The zero-order valence-electron chi connectivity index (χ0n) is 11.8. The summed E-state index contributed by atoms with van der Waals surface area (Å²) in [6.07, 6.45) is 2.07. The molecular formula is C17H14FNS2. The van der Waals surface area contributed by atoms with Gasteiger partial charge in [0.15, 0.2) is 0 Å². The van der Waals surface area contributed by atoms with E-state index in [1.54, 1.807) is 35.2 Å². The first-order valence-corrected chi connectivity index (χ1v) is 8.59. The fourth-order valence-corrected chi connectivity index (χ4v) is 3.52. The SMILES string of the molecule is CSc1ccc(-c2sc(C)nc2-c2ccc(F)cc2)cc1. The summed E-state index contributed by atoms with van der Waals surface area (Å²) in [6, 6.07) is 15.0. The molecule has 0 aliphatic carbocycles. The number of halogens is 1. The van der Waals surface area contributed by atoms with Crippen molar-refractivity contribution in [3.05, 3.63) is 59.4 Å². The monoisotopic (exact) mass is 315 g/mol. The fourth-order valence-electron chi connectivity index (χ4n) is 2.17. The molecule has 0 saturated carbocycles. The van der Waals surface area contributed by atoms with Crippen LogP contribution in [0.15, 0.2) is 53.4 Å². The van der Waals surface area contributed by atoms with E-state index in [2.05, 4.69) is 35.5 Å². The van der Waals surface area contributed by atoms with Crippen LogP contribution in [-0.4, -0.2) is 11.2 Å². The van der Waals surface area contributed by atoms with Crippen LogP contribution in [0.3, 0.4) is 0 Å². The first-order valence-electron chi connectivity index (χ1n) is 6.55. The van der Waals surface area contributed by atoms with E-state index < -0.39 is 0 Å². The second-order valence-corrected chi connectivity index (χ2v) is 6.73. The number of thiazole rings is 1. The molecule has 0 radical (unpaired) electrons. The third-order valence-electron chi connectivity index (χ3n) is 3.20. The minimum Gasteiger partial charge on any atom is -0.241 e. The number of rotatable bonds is 3. The van der Waals surface area contributed by atoms with Crippen molar-refractivity contribution < 1.29 is 4.39 Å². The third-order valence-corrected chi connectivity index (χ3v) is 4.97. The summed E-state index contributed by atoms with van der Waals surface area (Å²) >= 11 is 3.39. The van der Waals surface area contributed by atoms with E-state index in [0.29, 0.717) is 0 Å². The lowest BCUT2D eigenvalue weighted by Gasteiger charge is -2.04. The Morgan fingerprint density at radius 3 is 2.19 bits per heavy atom. The molecule has 1 aromatic heterocycles. The average Bonchev–Trinajstić information content (AvgIpc) is 2.90. The molecule has 21 heavy (non-hydrogen) atoms. The van der Waals surface area contributed by atoms with Crippen molar-refractivity contribution in [3.63, 3.8) is 0 Å². The third kappa shape index (κ3) is 3.01. The molecule has 0 spiro atoms. The standard InChI is InChI=1S/C17H14FNS2/c1-11-19-16(12-3-7-14(18)8-4-12)17(21-11)13-5-9-15(20-2)10-6-13/h3-10H,1-2H3. The summed E-state index contributed by atoms with van der Waals surface area (Å²) in [5.41, 5.74) is 3.02. The Morgan fingerprint density at radius 2 is 1.57 bits per heavy atom. The lowest BCUT2D eigenvalue weighted by molar-refractivity contribution is 0.628. The van der Waals surface area contributed by atoms with Crippen molar-refractivity contribution in [2.45, 2.75) is 11.8 Å². The van der Waals surface area contributed by atoms with E-state index in [9.17, 15) is 4.39 Å². The maximum atomic E-state index is 13.1. The van der Waals surface area contributed by atoms with E-state index in [-0.39, 0.29) is 5.82 Å². The van der Waals surface area contributed by atoms with Crippen LogP contribution >= 0.6 is 23.1 Å². The van der Waals surface area contributed by atoms with E-state index in [1.807, 2.05) is 6.92 Å². The number of aromatic nitrogens is 1. The van der Waals surface area contributed by atoms with Gasteiger partial charge < -0.3 is 0 Å². The topological polar surface area (TPSA) is 12.9 Å². The Balaban J connectivity index is 2.08. The highest BCUT2D eigenvalue weighted by atomic mass is 32.2. The quantitative estimate of drug-likeness (QED) is 0.580. The van der Waals surface area contributed by atoms with Crippen molar-refractivity contribution in [1.29, 1.82) is 0 Å². The molecule has 1 nitrogen and oxygen atoms in total. The van der Waals surface area contributed by atoms with Gasteiger partial charge in [0.25, 0.3) is 0 Å². The minimum atomic E-state index is -0.225. The van der Waals surface area contributed by atoms with Gasteiger partial charge in [-0.3, -0.25) is 0 Å². The van der Waals surface area contributed by atoms with Crippen LogP contribution in [0.25, 0.3) is 21.7 Å². The number of aryl methyl sites for hydroxylation is 1. The van der Waals surface area contributed by atoms with Gasteiger partial charge in [-0.05, 0) is 55.1 Å². The predicted octanol–water partition coefficient (Wildman–Crippen LogP) is 5.65. The first-order chi connectivity index (χ1) is 10.2. The lowest BCUT2D eigenvalue weighted by atomic mass is 10.1. The Kier molecular flexibility index (Phi) is 4.08. The Bertz CT molecular complexity index is 745. The zero-order chi connectivity index (χ0) is 14.8. The zero-order valence-corrected chi connectivity index (χ0v) is 13.4. The number of hydrogen-bond donors (Lipinski definition) is 0. The van der Waals surface area contributed by atoms with E-state index in [1.165, 1.54) is 17.0 Å². The maximum absolute atomic E-state index is 13.1. The van der Waals surface area contributed by atoms with Gasteiger partial charge in [0.05, 0.1) is 15.6 Å².